The summed E-state index contributed by atoms with van der Waals surface area (Å²) >= 11 is 0. The van der Waals surface area contributed by atoms with E-state index in [1.165, 1.54) is 0 Å². The Labute approximate surface area is 215 Å². The topological polar surface area (TPSA) is 118 Å². The zero-order valence-electron chi connectivity index (χ0n) is 21.0. The highest BCUT2D eigenvalue weighted by molar-refractivity contribution is 5.95. The molecule has 0 saturated heterocycles. The fourth-order valence-corrected chi connectivity index (χ4v) is 4.43. The van der Waals surface area contributed by atoms with Gasteiger partial charge >= 0.3 is 0 Å². The van der Waals surface area contributed by atoms with Crippen LogP contribution in [0.25, 0.3) is 5.69 Å². The van der Waals surface area contributed by atoms with Crippen LogP contribution < -0.4 is 26.2 Å². The van der Waals surface area contributed by atoms with Crippen molar-refractivity contribution in [3.63, 3.8) is 0 Å². The quantitative estimate of drug-likeness (QED) is 0.281. The molecule has 2 saturated carbocycles. The van der Waals surface area contributed by atoms with E-state index in [1.807, 2.05) is 37.3 Å². The van der Waals surface area contributed by atoms with Gasteiger partial charge in [-0.3, -0.25) is 14.2 Å². The first kappa shape index (κ1) is 25.0. The Balaban J connectivity index is 1.38. The molecular formula is C28H33N5O4. The molecule has 1 heterocycles. The van der Waals surface area contributed by atoms with Crippen molar-refractivity contribution in [1.29, 1.82) is 0 Å². The number of aliphatic hydroxyl groups is 1. The molecule has 0 unspecified atom stereocenters. The summed E-state index contributed by atoms with van der Waals surface area (Å²) in [4.78, 5) is 30.5. The summed E-state index contributed by atoms with van der Waals surface area (Å²) < 4.78 is 7.57. The number of rotatable bonds is 12. The molecule has 9 nitrogen and oxygen atoms in total. The van der Waals surface area contributed by atoms with E-state index in [1.54, 1.807) is 29.1 Å². The number of benzene rings is 2. The summed E-state index contributed by atoms with van der Waals surface area (Å²) in [5, 5.41) is 18.4. The lowest BCUT2D eigenvalue weighted by molar-refractivity contribution is 0.0951. The van der Waals surface area contributed by atoms with Crippen molar-refractivity contribution < 1.29 is 14.6 Å². The highest BCUT2D eigenvalue weighted by atomic mass is 16.5. The van der Waals surface area contributed by atoms with Crippen molar-refractivity contribution in [2.45, 2.75) is 44.2 Å². The first-order valence-electron chi connectivity index (χ1n) is 12.8. The maximum atomic E-state index is 13.6. The van der Waals surface area contributed by atoms with Crippen LogP contribution in [0, 0.1) is 6.92 Å². The zero-order valence-corrected chi connectivity index (χ0v) is 21.0. The Morgan fingerprint density at radius 1 is 1.19 bits per heavy atom. The molecule has 3 aromatic rings. The Hall–Kier alpha value is -3.69. The van der Waals surface area contributed by atoms with Crippen molar-refractivity contribution in [2.75, 3.05) is 31.6 Å². The second-order valence-corrected chi connectivity index (χ2v) is 9.73. The molecule has 2 fully saturated rings. The van der Waals surface area contributed by atoms with E-state index in [-0.39, 0.29) is 29.9 Å². The number of aryl methyl sites for hydroxylation is 1. The predicted molar refractivity (Wildman–Crippen MR) is 141 cm³/mol. The monoisotopic (exact) mass is 503 g/mol. The van der Waals surface area contributed by atoms with Gasteiger partial charge in [-0.1, -0.05) is 24.3 Å². The second-order valence-electron chi connectivity index (χ2n) is 9.73. The number of ether oxygens (including phenoxy) is 1. The van der Waals surface area contributed by atoms with E-state index < -0.39 is 5.54 Å². The van der Waals surface area contributed by atoms with Gasteiger partial charge in [0.2, 0.25) is 0 Å². The van der Waals surface area contributed by atoms with Crippen molar-refractivity contribution in [2.24, 2.45) is 0 Å². The van der Waals surface area contributed by atoms with E-state index in [9.17, 15) is 9.59 Å². The number of aromatic nitrogens is 2. The minimum Gasteiger partial charge on any atom is -0.492 e. The Kier molecular flexibility index (Phi) is 7.25. The minimum absolute atomic E-state index is 0.0860. The van der Waals surface area contributed by atoms with E-state index >= 15 is 0 Å². The fourth-order valence-electron chi connectivity index (χ4n) is 4.43. The summed E-state index contributed by atoms with van der Waals surface area (Å²) in [5.74, 6) is 0.899. The van der Waals surface area contributed by atoms with Crippen molar-refractivity contribution in [3.05, 3.63) is 81.9 Å². The molecular weight excluding hydrogens is 470 g/mol. The van der Waals surface area contributed by atoms with Crippen LogP contribution in [-0.4, -0.2) is 52.9 Å². The average molecular weight is 504 g/mol. The van der Waals surface area contributed by atoms with Gasteiger partial charge in [0.1, 0.15) is 12.4 Å². The Bertz CT molecular complexity index is 1330. The number of carbonyl (C=O) groups excluding carboxylic acids is 1. The van der Waals surface area contributed by atoms with Crippen LogP contribution >= 0.6 is 0 Å². The van der Waals surface area contributed by atoms with Gasteiger partial charge in [-0.15, -0.1) is 0 Å². The molecule has 194 valence electrons. The third kappa shape index (κ3) is 5.68. The first-order valence-corrected chi connectivity index (χ1v) is 12.8. The third-order valence-electron chi connectivity index (χ3n) is 6.82. The van der Waals surface area contributed by atoms with Gasteiger partial charge in [0, 0.05) is 42.7 Å². The largest absolute Gasteiger partial charge is 0.492 e. The van der Waals surface area contributed by atoms with Crippen molar-refractivity contribution >= 4 is 11.7 Å². The molecule has 37 heavy (non-hydrogen) atoms. The van der Waals surface area contributed by atoms with Crippen LogP contribution in [0.1, 0.15) is 47.2 Å². The summed E-state index contributed by atoms with van der Waals surface area (Å²) in [6, 6.07) is 13.5. The molecule has 0 radical (unpaired) electrons. The number of nitrogens with zero attached hydrogens (tertiary/aromatic N) is 2. The number of hydrogen-bond acceptors (Lipinski definition) is 7. The number of carbonyl (C=O) groups is 1. The van der Waals surface area contributed by atoms with Crippen LogP contribution in [0.4, 0.5) is 5.82 Å². The van der Waals surface area contributed by atoms with Gasteiger partial charge in [-0.25, -0.2) is 4.98 Å². The molecule has 2 aromatic carbocycles. The Morgan fingerprint density at radius 3 is 2.76 bits per heavy atom. The summed E-state index contributed by atoms with van der Waals surface area (Å²) in [6.07, 6.45) is 6.96. The molecule has 2 aliphatic carbocycles. The number of nitrogens with one attached hydrogen (secondary N) is 3. The molecule has 5 rings (SSSR count). The second kappa shape index (κ2) is 10.7. The summed E-state index contributed by atoms with van der Waals surface area (Å²) in [7, 11) is 0. The lowest BCUT2D eigenvalue weighted by Gasteiger charge is -2.22. The molecule has 4 N–H and O–H groups in total. The van der Waals surface area contributed by atoms with Gasteiger partial charge in [-0.05, 0) is 56.4 Å². The van der Waals surface area contributed by atoms with Gasteiger partial charge in [0.15, 0.2) is 5.82 Å². The predicted octanol–water partition coefficient (Wildman–Crippen LogP) is 2.50. The lowest BCUT2D eigenvalue weighted by atomic mass is 10.0. The highest BCUT2D eigenvalue weighted by Gasteiger charge is 2.47. The van der Waals surface area contributed by atoms with Crippen LogP contribution in [0.15, 0.2) is 59.7 Å². The van der Waals surface area contributed by atoms with Gasteiger partial charge in [0.05, 0.1) is 17.8 Å². The Morgan fingerprint density at radius 2 is 2.00 bits per heavy atom. The number of anilines is 1. The minimum atomic E-state index is -0.429. The summed E-state index contributed by atoms with van der Waals surface area (Å²) in [5.41, 5.74) is 2.36. The van der Waals surface area contributed by atoms with E-state index in [2.05, 4.69) is 20.9 Å². The van der Waals surface area contributed by atoms with Crippen molar-refractivity contribution in [1.82, 2.24) is 20.2 Å². The molecule has 9 heteroatoms. The van der Waals surface area contributed by atoms with Gasteiger partial charge in [0.25, 0.3) is 11.5 Å². The third-order valence-corrected chi connectivity index (χ3v) is 6.82. The first-order chi connectivity index (χ1) is 18.0. The molecule has 0 atom stereocenters. The number of aliphatic hydroxyl groups excluding tert-OH is 1. The highest BCUT2D eigenvalue weighted by Crippen LogP contribution is 2.50. The number of para-hydroxylation sites is 1. The van der Waals surface area contributed by atoms with E-state index in [0.29, 0.717) is 30.9 Å². The number of hydrogen-bond donors (Lipinski definition) is 4. The molecule has 1 aromatic heterocycles. The van der Waals surface area contributed by atoms with Crippen LogP contribution in [0.5, 0.6) is 5.75 Å². The SMILES string of the molecule is Cc1ccc(C(=O)NC2CC2)cc1-n1ccnc(NC2(c3ccccc3OCCNCCO)CC2)c1=O. The number of amides is 1. The van der Waals surface area contributed by atoms with Crippen LogP contribution in [0.3, 0.4) is 0 Å². The molecule has 0 bridgehead atoms. The van der Waals surface area contributed by atoms with Crippen LogP contribution in [-0.2, 0) is 5.54 Å². The molecule has 1 amide bonds. The standard InChI is InChI=1S/C28H33N5O4/c1-19-6-7-20(26(35)31-21-8-9-21)18-23(19)33-15-12-30-25(27(33)36)32-28(10-11-28)22-4-2-3-5-24(22)37-17-14-29-13-16-34/h2-7,12,15,18,21,29,34H,8-11,13-14,16-17H2,1H3,(H,30,32)(H,31,35). The van der Waals surface area contributed by atoms with Crippen molar-refractivity contribution in [3.8, 4) is 11.4 Å². The molecule has 0 spiro atoms. The smallest absolute Gasteiger partial charge is 0.297 e. The molecule has 0 aliphatic heterocycles. The van der Waals surface area contributed by atoms with Gasteiger partial charge < -0.3 is 25.8 Å². The van der Waals surface area contributed by atoms with E-state index in [4.69, 9.17) is 9.84 Å². The maximum Gasteiger partial charge on any atom is 0.297 e. The van der Waals surface area contributed by atoms with Gasteiger partial charge in [-0.2, -0.15) is 0 Å². The fraction of sp³-hybridized carbons (Fsp3) is 0.393. The lowest BCUT2D eigenvalue weighted by Crippen LogP contribution is -2.30. The van der Waals surface area contributed by atoms with E-state index in [0.717, 1.165) is 42.6 Å². The summed E-state index contributed by atoms with van der Waals surface area (Å²) in [6.45, 7) is 3.62. The van der Waals surface area contributed by atoms with Crippen LogP contribution in [0.2, 0.25) is 0 Å². The average Bonchev–Trinajstić information content (AvgIpc) is 3.84. The molecule has 2 aliphatic rings. The zero-order chi connectivity index (χ0) is 25.8. The maximum absolute atomic E-state index is 13.6. The normalized spacial score (nSPS) is 15.7.